The molecule has 0 aliphatic carbocycles. The normalized spacial score (nSPS) is 12.5. The minimum Gasteiger partial charge on any atom is -0.495 e. The maximum absolute atomic E-state index is 12.5. The number of anilines is 2. The first-order valence-corrected chi connectivity index (χ1v) is 10.4. The predicted molar refractivity (Wildman–Crippen MR) is 111 cm³/mol. The summed E-state index contributed by atoms with van der Waals surface area (Å²) in [6.45, 7) is 7.20. The molecule has 0 aromatic heterocycles. The lowest BCUT2D eigenvalue weighted by molar-refractivity contribution is -0.116. The maximum atomic E-state index is 12.5. The Morgan fingerprint density at radius 2 is 1.68 bits per heavy atom. The molecule has 1 amide bonds. The molecule has 0 unspecified atom stereocenters. The maximum Gasteiger partial charge on any atom is 0.246 e. The van der Waals surface area contributed by atoms with Crippen molar-refractivity contribution in [3.8, 4) is 5.75 Å². The highest BCUT2D eigenvalue weighted by atomic mass is 32.2. The largest absolute Gasteiger partial charge is 0.495 e. The van der Waals surface area contributed by atoms with Crippen LogP contribution in [0.5, 0.6) is 5.75 Å². The van der Waals surface area contributed by atoms with Crippen molar-refractivity contribution in [1.82, 2.24) is 4.72 Å². The van der Waals surface area contributed by atoms with E-state index in [1.54, 1.807) is 40.0 Å². The number of amides is 1. The summed E-state index contributed by atoms with van der Waals surface area (Å²) in [6.07, 6.45) is 0. The Kier molecular flexibility index (Phi) is 7.04. The molecule has 0 heterocycles. The lowest BCUT2D eigenvalue weighted by Crippen LogP contribution is -2.32. The van der Waals surface area contributed by atoms with Crippen molar-refractivity contribution in [2.24, 2.45) is 0 Å². The molecule has 2 aromatic rings. The van der Waals surface area contributed by atoms with Gasteiger partial charge in [0.05, 0.1) is 17.7 Å². The Labute approximate surface area is 166 Å². The van der Waals surface area contributed by atoms with Crippen LogP contribution in [0.3, 0.4) is 0 Å². The molecule has 0 bridgehead atoms. The first kappa shape index (κ1) is 21.7. The zero-order valence-electron chi connectivity index (χ0n) is 16.7. The van der Waals surface area contributed by atoms with Crippen molar-refractivity contribution in [1.29, 1.82) is 0 Å². The van der Waals surface area contributed by atoms with Gasteiger partial charge < -0.3 is 15.4 Å². The second kappa shape index (κ2) is 9.07. The minimum absolute atomic E-state index is 0.148. The minimum atomic E-state index is -3.56. The van der Waals surface area contributed by atoms with Crippen molar-refractivity contribution in [2.45, 2.75) is 44.7 Å². The van der Waals surface area contributed by atoms with E-state index in [1.165, 1.54) is 12.1 Å². The molecule has 0 saturated heterocycles. The van der Waals surface area contributed by atoms with E-state index in [9.17, 15) is 13.2 Å². The summed E-state index contributed by atoms with van der Waals surface area (Å²) in [5, 5.41) is 5.91. The Morgan fingerprint density at radius 1 is 1.04 bits per heavy atom. The second-order valence-electron chi connectivity index (χ2n) is 6.86. The smallest absolute Gasteiger partial charge is 0.246 e. The molecule has 8 heteroatoms. The number of benzene rings is 2. The molecule has 1 atom stereocenters. The van der Waals surface area contributed by atoms with E-state index in [1.807, 2.05) is 25.1 Å². The molecule has 0 aliphatic heterocycles. The van der Waals surface area contributed by atoms with Gasteiger partial charge in [0.25, 0.3) is 0 Å². The molecular formula is C20H27N3O4S. The van der Waals surface area contributed by atoms with E-state index in [2.05, 4.69) is 15.4 Å². The van der Waals surface area contributed by atoms with Gasteiger partial charge in [0.15, 0.2) is 0 Å². The van der Waals surface area contributed by atoms with Crippen molar-refractivity contribution in [2.75, 3.05) is 17.7 Å². The van der Waals surface area contributed by atoms with E-state index >= 15 is 0 Å². The van der Waals surface area contributed by atoms with Crippen LogP contribution >= 0.6 is 0 Å². The highest BCUT2D eigenvalue weighted by Crippen LogP contribution is 2.26. The van der Waals surface area contributed by atoms with Crippen LogP contribution in [0, 0.1) is 6.92 Å². The highest BCUT2D eigenvalue weighted by molar-refractivity contribution is 7.89. The molecule has 3 N–H and O–H groups in total. The monoisotopic (exact) mass is 405 g/mol. The number of ether oxygens (including phenoxy) is 1. The van der Waals surface area contributed by atoms with Crippen LogP contribution in [0.2, 0.25) is 0 Å². The third-order valence-electron chi connectivity index (χ3n) is 3.94. The molecule has 28 heavy (non-hydrogen) atoms. The summed E-state index contributed by atoms with van der Waals surface area (Å²) < 4.78 is 32.1. The molecular weight excluding hydrogens is 378 g/mol. The standard InChI is InChI=1S/C20H27N3O4S/c1-13(2)23-28(25,26)17-9-7-16(8-10-17)22-20(24)15(4)21-18-12-14(3)6-11-19(18)27-5/h6-13,15,21,23H,1-5H3,(H,22,24)/t15-/m1/s1. The molecule has 2 rings (SSSR count). The molecule has 0 aliphatic rings. The fourth-order valence-electron chi connectivity index (χ4n) is 2.58. The molecule has 0 fully saturated rings. The summed E-state index contributed by atoms with van der Waals surface area (Å²) >= 11 is 0. The fourth-order valence-corrected chi connectivity index (χ4v) is 3.83. The Bertz CT molecular complexity index is 925. The topological polar surface area (TPSA) is 96.5 Å². The van der Waals surface area contributed by atoms with Gasteiger partial charge in [-0.25, -0.2) is 13.1 Å². The van der Waals surface area contributed by atoms with E-state index < -0.39 is 16.1 Å². The average molecular weight is 406 g/mol. The van der Waals surface area contributed by atoms with Crippen molar-refractivity contribution >= 4 is 27.3 Å². The summed E-state index contributed by atoms with van der Waals surface area (Å²) in [5.41, 5.74) is 2.28. The average Bonchev–Trinajstić information content (AvgIpc) is 2.61. The van der Waals surface area contributed by atoms with Crippen LogP contribution < -0.4 is 20.1 Å². The first-order valence-electron chi connectivity index (χ1n) is 8.97. The lowest BCUT2D eigenvalue weighted by Gasteiger charge is -2.18. The molecule has 152 valence electrons. The number of rotatable bonds is 8. The third-order valence-corrected chi connectivity index (χ3v) is 5.62. The molecule has 2 aromatic carbocycles. The Balaban J connectivity index is 2.05. The van der Waals surface area contributed by atoms with E-state index in [0.717, 1.165) is 11.3 Å². The van der Waals surface area contributed by atoms with Crippen molar-refractivity contribution in [3.05, 3.63) is 48.0 Å². The first-order chi connectivity index (χ1) is 13.1. The molecule has 7 nitrogen and oxygen atoms in total. The number of carbonyl (C=O) groups excluding carboxylic acids is 1. The van der Waals surface area contributed by atoms with Gasteiger partial charge in [-0.2, -0.15) is 0 Å². The Hall–Kier alpha value is -2.58. The number of hydrogen-bond donors (Lipinski definition) is 3. The number of methoxy groups -OCH3 is 1. The lowest BCUT2D eigenvalue weighted by atomic mass is 10.2. The van der Waals surface area contributed by atoms with E-state index in [-0.39, 0.29) is 16.8 Å². The summed E-state index contributed by atoms with van der Waals surface area (Å²) in [5.74, 6) is 0.400. The van der Waals surface area contributed by atoms with Crippen LogP contribution in [0.1, 0.15) is 26.3 Å². The predicted octanol–water partition coefficient (Wildman–Crippen LogP) is 3.13. The van der Waals surface area contributed by atoms with E-state index in [4.69, 9.17) is 4.74 Å². The number of hydrogen-bond acceptors (Lipinski definition) is 5. The number of nitrogens with one attached hydrogen (secondary N) is 3. The van der Waals surface area contributed by atoms with Gasteiger partial charge >= 0.3 is 0 Å². The van der Waals surface area contributed by atoms with E-state index in [0.29, 0.717) is 11.4 Å². The zero-order chi connectivity index (χ0) is 20.9. The number of aryl methyl sites for hydroxylation is 1. The fraction of sp³-hybridized carbons (Fsp3) is 0.350. The van der Waals surface area contributed by atoms with Gasteiger partial charge in [0, 0.05) is 11.7 Å². The van der Waals surface area contributed by atoms with Gasteiger partial charge in [-0.05, 0) is 69.7 Å². The van der Waals surface area contributed by atoms with Crippen LogP contribution in [0.15, 0.2) is 47.4 Å². The van der Waals surface area contributed by atoms with Crippen LogP contribution in [-0.4, -0.2) is 33.5 Å². The van der Waals surface area contributed by atoms with Gasteiger partial charge in [0.2, 0.25) is 15.9 Å². The molecule has 0 radical (unpaired) electrons. The SMILES string of the molecule is COc1ccc(C)cc1N[C@H](C)C(=O)Nc1ccc(S(=O)(=O)NC(C)C)cc1. The molecule has 0 saturated carbocycles. The van der Waals surface area contributed by atoms with Crippen molar-refractivity contribution in [3.63, 3.8) is 0 Å². The summed E-state index contributed by atoms with van der Waals surface area (Å²) in [7, 11) is -1.99. The zero-order valence-corrected chi connectivity index (χ0v) is 17.6. The van der Waals surface area contributed by atoms with Gasteiger partial charge in [-0.15, -0.1) is 0 Å². The highest BCUT2D eigenvalue weighted by Gasteiger charge is 2.17. The summed E-state index contributed by atoms with van der Waals surface area (Å²) in [4.78, 5) is 12.6. The van der Waals surface area contributed by atoms with Crippen LogP contribution in [-0.2, 0) is 14.8 Å². The summed E-state index contributed by atoms with van der Waals surface area (Å²) in [6, 6.07) is 11.0. The van der Waals surface area contributed by atoms with Gasteiger partial charge in [-0.1, -0.05) is 6.07 Å². The second-order valence-corrected chi connectivity index (χ2v) is 8.57. The van der Waals surface area contributed by atoms with Crippen LogP contribution in [0.4, 0.5) is 11.4 Å². The molecule has 0 spiro atoms. The van der Waals surface area contributed by atoms with Crippen molar-refractivity contribution < 1.29 is 17.9 Å². The third kappa shape index (κ3) is 5.71. The Morgan fingerprint density at radius 3 is 2.25 bits per heavy atom. The van der Waals surface area contributed by atoms with Gasteiger partial charge in [0.1, 0.15) is 11.8 Å². The number of carbonyl (C=O) groups is 1. The quantitative estimate of drug-likeness (QED) is 0.627. The number of sulfonamides is 1. The van der Waals surface area contributed by atoms with Gasteiger partial charge in [-0.3, -0.25) is 4.79 Å². The van der Waals surface area contributed by atoms with Crippen LogP contribution in [0.25, 0.3) is 0 Å².